The topological polar surface area (TPSA) is 128 Å². The fourth-order valence-corrected chi connectivity index (χ4v) is 3.70. The zero-order chi connectivity index (χ0) is 26.8. The summed E-state index contributed by atoms with van der Waals surface area (Å²) in [5, 5.41) is 5.21. The normalized spacial score (nSPS) is 12.3. The van der Waals surface area contributed by atoms with Gasteiger partial charge in [0.25, 0.3) is 0 Å². The lowest BCUT2D eigenvalue weighted by molar-refractivity contribution is -0.129. The van der Waals surface area contributed by atoms with Gasteiger partial charge in [-0.15, -0.1) is 0 Å². The second-order valence-corrected chi connectivity index (χ2v) is 8.99. The molecule has 4 N–H and O–H groups in total. The summed E-state index contributed by atoms with van der Waals surface area (Å²) in [5.41, 5.74) is 8.17. The van der Waals surface area contributed by atoms with E-state index in [0.29, 0.717) is 16.7 Å². The van der Waals surface area contributed by atoms with Gasteiger partial charge in [-0.25, -0.2) is 4.79 Å². The number of nitrogens with one attached hydrogen (secondary N) is 2. The summed E-state index contributed by atoms with van der Waals surface area (Å²) < 4.78 is 5.22. The van der Waals surface area contributed by atoms with Gasteiger partial charge in [-0.1, -0.05) is 98.8 Å². The molecule has 0 saturated heterocycles. The number of ether oxygens (including phenoxy) is 1. The van der Waals surface area contributed by atoms with Crippen molar-refractivity contribution >= 4 is 23.7 Å². The lowest BCUT2D eigenvalue weighted by Gasteiger charge is -2.24. The molecule has 0 spiro atoms. The Kier molecular flexibility index (Phi) is 9.55. The first kappa shape index (κ1) is 27.1. The Morgan fingerprint density at radius 1 is 0.757 bits per heavy atom. The van der Waals surface area contributed by atoms with Crippen LogP contribution in [0.4, 0.5) is 4.79 Å². The van der Waals surface area contributed by atoms with Crippen LogP contribution in [-0.4, -0.2) is 35.8 Å². The summed E-state index contributed by atoms with van der Waals surface area (Å²) in [4.78, 5) is 50.0. The van der Waals surface area contributed by atoms with E-state index in [9.17, 15) is 19.2 Å². The van der Waals surface area contributed by atoms with E-state index in [4.69, 9.17) is 10.5 Å². The Bertz CT molecular complexity index is 1210. The van der Waals surface area contributed by atoms with E-state index in [-0.39, 0.29) is 24.7 Å². The minimum absolute atomic E-state index is 0.0613. The summed E-state index contributed by atoms with van der Waals surface area (Å²) in [6, 6.07) is 22.9. The van der Waals surface area contributed by atoms with Gasteiger partial charge in [0.05, 0.1) is 0 Å². The van der Waals surface area contributed by atoms with Crippen LogP contribution < -0.4 is 16.4 Å². The number of ketones is 1. The second-order valence-electron chi connectivity index (χ2n) is 8.99. The maximum absolute atomic E-state index is 13.0. The fraction of sp³-hybridized carbons (Fsp3) is 0.241. The van der Waals surface area contributed by atoms with Gasteiger partial charge in [-0.2, -0.15) is 0 Å². The summed E-state index contributed by atoms with van der Waals surface area (Å²) in [6.07, 6.45) is -0.614. The van der Waals surface area contributed by atoms with Crippen molar-refractivity contribution in [2.75, 3.05) is 0 Å². The van der Waals surface area contributed by atoms with Gasteiger partial charge in [0.1, 0.15) is 18.7 Å². The molecule has 3 aromatic rings. The van der Waals surface area contributed by atoms with Crippen LogP contribution in [-0.2, 0) is 27.4 Å². The molecule has 2 atom stereocenters. The number of hydrogen-bond acceptors (Lipinski definition) is 5. The molecule has 0 heterocycles. The molecule has 0 aliphatic heterocycles. The van der Waals surface area contributed by atoms with Crippen LogP contribution in [0.5, 0.6) is 0 Å². The number of hydrogen-bond donors (Lipinski definition) is 3. The number of rotatable bonds is 11. The Morgan fingerprint density at radius 2 is 1.32 bits per heavy atom. The molecule has 0 bridgehead atoms. The van der Waals surface area contributed by atoms with Gasteiger partial charge >= 0.3 is 6.09 Å². The number of primary amides is 1. The average molecular weight is 502 g/mol. The third-order valence-corrected chi connectivity index (χ3v) is 5.79. The summed E-state index contributed by atoms with van der Waals surface area (Å²) in [5.74, 6) is -1.66. The van der Waals surface area contributed by atoms with Gasteiger partial charge in [-0.05, 0) is 17.0 Å². The number of alkyl carbamates (subject to hydrolysis) is 1. The molecule has 0 aliphatic carbocycles. The van der Waals surface area contributed by atoms with Crippen LogP contribution in [0, 0.1) is 5.92 Å². The molecule has 0 unspecified atom stereocenters. The molecule has 8 nitrogen and oxygen atoms in total. The quantitative estimate of drug-likeness (QED) is 0.347. The maximum atomic E-state index is 13.0. The fourth-order valence-electron chi connectivity index (χ4n) is 3.70. The summed E-state index contributed by atoms with van der Waals surface area (Å²) in [6.45, 7) is 3.60. The first-order valence-electron chi connectivity index (χ1n) is 12.0. The predicted molar refractivity (Wildman–Crippen MR) is 140 cm³/mol. The van der Waals surface area contributed by atoms with Crippen molar-refractivity contribution in [2.24, 2.45) is 11.7 Å². The van der Waals surface area contributed by atoms with Crippen molar-refractivity contribution in [1.82, 2.24) is 10.6 Å². The molecular formula is C29H31N3O5. The summed E-state index contributed by atoms with van der Waals surface area (Å²) in [7, 11) is 0. The van der Waals surface area contributed by atoms with Crippen molar-refractivity contribution < 1.29 is 23.9 Å². The van der Waals surface area contributed by atoms with E-state index < -0.39 is 30.0 Å². The highest BCUT2D eigenvalue weighted by molar-refractivity contribution is 6.08. The maximum Gasteiger partial charge on any atom is 0.408 e. The molecular weight excluding hydrogens is 470 g/mol. The third-order valence-electron chi connectivity index (χ3n) is 5.79. The van der Waals surface area contributed by atoms with E-state index in [0.717, 1.165) is 5.56 Å². The molecule has 0 saturated carbocycles. The van der Waals surface area contributed by atoms with Crippen LogP contribution in [0.2, 0.25) is 0 Å². The first-order valence-corrected chi connectivity index (χ1v) is 12.0. The smallest absolute Gasteiger partial charge is 0.408 e. The number of nitrogens with two attached hydrogens (primary N) is 1. The van der Waals surface area contributed by atoms with Crippen molar-refractivity contribution in [3.63, 3.8) is 0 Å². The largest absolute Gasteiger partial charge is 0.445 e. The van der Waals surface area contributed by atoms with Crippen molar-refractivity contribution in [2.45, 2.75) is 39.0 Å². The highest BCUT2D eigenvalue weighted by Gasteiger charge is 2.28. The van der Waals surface area contributed by atoms with Gasteiger partial charge in [0, 0.05) is 17.5 Å². The Labute approximate surface area is 216 Å². The molecule has 3 amide bonds. The number of carbonyl (C=O) groups is 4. The van der Waals surface area contributed by atoms with Crippen LogP contribution in [0.3, 0.4) is 0 Å². The standard InChI is InChI=1S/C29H31N3O5/c1-19(2)25(32-29(36)37-18-21-9-5-3-6-10-21)28(35)31-24(27(30)34)17-20-13-15-23(16-14-20)26(33)22-11-7-4-8-12-22/h3-16,19,24-25H,17-18H2,1-2H3,(H2,30,34)(H,31,35)(H,32,36)/t24-,25-/m0/s1. The molecule has 0 fully saturated rings. The number of carbonyl (C=O) groups excluding carboxylic acids is 4. The molecule has 3 rings (SSSR count). The van der Waals surface area contributed by atoms with Gasteiger partial charge < -0.3 is 21.1 Å². The highest BCUT2D eigenvalue weighted by atomic mass is 16.5. The van der Waals surface area contributed by atoms with Crippen LogP contribution >= 0.6 is 0 Å². The predicted octanol–water partition coefficient (Wildman–Crippen LogP) is 3.38. The minimum Gasteiger partial charge on any atom is -0.445 e. The number of benzene rings is 3. The van der Waals surface area contributed by atoms with Crippen molar-refractivity contribution in [3.8, 4) is 0 Å². The molecule has 37 heavy (non-hydrogen) atoms. The van der Waals surface area contributed by atoms with E-state index >= 15 is 0 Å². The van der Waals surface area contributed by atoms with E-state index in [1.165, 1.54) is 0 Å². The lowest BCUT2D eigenvalue weighted by Crippen LogP contribution is -2.55. The molecule has 0 aromatic heterocycles. The van der Waals surface area contributed by atoms with Crippen LogP contribution in [0.1, 0.15) is 40.9 Å². The van der Waals surface area contributed by atoms with E-state index in [1.54, 1.807) is 62.4 Å². The van der Waals surface area contributed by atoms with E-state index in [1.807, 2.05) is 36.4 Å². The average Bonchev–Trinajstić information content (AvgIpc) is 2.91. The van der Waals surface area contributed by atoms with Crippen molar-refractivity contribution in [1.29, 1.82) is 0 Å². The Morgan fingerprint density at radius 3 is 1.89 bits per heavy atom. The zero-order valence-electron chi connectivity index (χ0n) is 20.8. The molecule has 192 valence electrons. The zero-order valence-corrected chi connectivity index (χ0v) is 20.8. The van der Waals surface area contributed by atoms with Gasteiger partial charge in [-0.3, -0.25) is 14.4 Å². The highest BCUT2D eigenvalue weighted by Crippen LogP contribution is 2.13. The van der Waals surface area contributed by atoms with Crippen LogP contribution in [0.25, 0.3) is 0 Å². The second kappa shape index (κ2) is 13.0. The number of amides is 3. The van der Waals surface area contributed by atoms with Gasteiger partial charge in [0.15, 0.2) is 5.78 Å². The molecule has 8 heteroatoms. The first-order chi connectivity index (χ1) is 17.7. The summed E-state index contributed by atoms with van der Waals surface area (Å²) >= 11 is 0. The minimum atomic E-state index is -1.01. The Balaban J connectivity index is 1.60. The van der Waals surface area contributed by atoms with Crippen molar-refractivity contribution in [3.05, 3.63) is 107 Å². The molecule has 0 radical (unpaired) electrons. The Hall–Kier alpha value is -4.46. The third kappa shape index (κ3) is 8.03. The van der Waals surface area contributed by atoms with Crippen LogP contribution in [0.15, 0.2) is 84.9 Å². The monoisotopic (exact) mass is 501 g/mol. The molecule has 0 aliphatic rings. The van der Waals surface area contributed by atoms with E-state index in [2.05, 4.69) is 10.6 Å². The SMILES string of the molecule is CC(C)[C@H](NC(=O)OCc1ccccc1)C(=O)N[C@@H](Cc1ccc(C(=O)c2ccccc2)cc1)C(N)=O. The lowest BCUT2D eigenvalue weighted by atomic mass is 9.98. The van der Waals surface area contributed by atoms with Gasteiger partial charge in [0.2, 0.25) is 11.8 Å². The molecule has 3 aromatic carbocycles.